The van der Waals surface area contributed by atoms with E-state index in [0.717, 1.165) is 24.2 Å². The van der Waals surface area contributed by atoms with Crippen molar-refractivity contribution in [1.29, 1.82) is 0 Å². The van der Waals surface area contributed by atoms with Gasteiger partial charge in [0.25, 0.3) is 5.91 Å². The number of likely N-dealkylation sites (N-methyl/N-ethyl adjacent to an activating group) is 1. The number of hydrogen-bond donors (Lipinski definition) is 0. The molecule has 0 N–H and O–H groups in total. The van der Waals surface area contributed by atoms with E-state index in [1.54, 1.807) is 21.1 Å². The lowest BCUT2D eigenvalue weighted by atomic mass is 9.92. The molecule has 1 aliphatic carbocycles. The van der Waals surface area contributed by atoms with E-state index in [2.05, 4.69) is 22.3 Å². The molecule has 1 atom stereocenters. The quantitative estimate of drug-likeness (QED) is 0.573. The van der Waals surface area contributed by atoms with Crippen molar-refractivity contribution in [3.05, 3.63) is 59.5 Å². The van der Waals surface area contributed by atoms with Gasteiger partial charge in [-0.05, 0) is 68.0 Å². The van der Waals surface area contributed by atoms with E-state index in [1.165, 1.54) is 28.9 Å². The molecule has 0 fully saturated rings. The van der Waals surface area contributed by atoms with Crippen molar-refractivity contribution in [1.82, 2.24) is 15.0 Å². The van der Waals surface area contributed by atoms with Gasteiger partial charge in [0.1, 0.15) is 11.5 Å². The summed E-state index contributed by atoms with van der Waals surface area (Å²) in [5, 5.41) is 4.02. The lowest BCUT2D eigenvalue weighted by Crippen LogP contribution is -2.37. The highest BCUT2D eigenvalue weighted by Gasteiger charge is 2.22. The Labute approximate surface area is 182 Å². The summed E-state index contributed by atoms with van der Waals surface area (Å²) in [4.78, 5) is 18.7. The zero-order valence-electron chi connectivity index (χ0n) is 18.1. The van der Waals surface area contributed by atoms with E-state index in [-0.39, 0.29) is 12.5 Å². The van der Waals surface area contributed by atoms with Crippen LogP contribution in [0.15, 0.2) is 47.0 Å². The SMILES string of the molecule is COc1cccc(-c2noc(CN(C)C(=O)C(C)Oc3ccc4c(c3)CCCC4)n2)c1. The lowest BCUT2D eigenvalue weighted by molar-refractivity contribution is -0.137. The molecule has 1 aliphatic rings. The summed E-state index contributed by atoms with van der Waals surface area (Å²) < 4.78 is 16.5. The summed E-state index contributed by atoms with van der Waals surface area (Å²) >= 11 is 0. The van der Waals surface area contributed by atoms with Crippen molar-refractivity contribution >= 4 is 5.91 Å². The molecular formula is C24H27N3O4. The van der Waals surface area contributed by atoms with Crippen LogP contribution in [0.5, 0.6) is 11.5 Å². The smallest absolute Gasteiger partial charge is 0.263 e. The highest BCUT2D eigenvalue weighted by molar-refractivity contribution is 5.80. The van der Waals surface area contributed by atoms with Crippen molar-refractivity contribution in [2.24, 2.45) is 0 Å². The molecule has 0 aliphatic heterocycles. The predicted octanol–water partition coefficient (Wildman–Crippen LogP) is 4.05. The van der Waals surface area contributed by atoms with E-state index in [9.17, 15) is 4.79 Å². The molecule has 0 radical (unpaired) electrons. The number of carbonyl (C=O) groups excluding carboxylic acids is 1. The van der Waals surface area contributed by atoms with Crippen molar-refractivity contribution in [2.45, 2.75) is 45.3 Å². The van der Waals surface area contributed by atoms with Gasteiger partial charge in [0.2, 0.25) is 11.7 Å². The Balaban J connectivity index is 1.37. The third-order valence-electron chi connectivity index (χ3n) is 5.53. The Bertz CT molecular complexity index is 1060. The fourth-order valence-electron chi connectivity index (χ4n) is 3.83. The van der Waals surface area contributed by atoms with Crippen LogP contribution in [0.1, 0.15) is 36.8 Å². The molecule has 1 aromatic heterocycles. The van der Waals surface area contributed by atoms with Crippen molar-refractivity contribution in [3.63, 3.8) is 0 Å². The normalized spacial score (nSPS) is 13.9. The third kappa shape index (κ3) is 4.87. The van der Waals surface area contributed by atoms with Crippen LogP contribution in [-0.2, 0) is 24.2 Å². The summed E-state index contributed by atoms with van der Waals surface area (Å²) in [6, 6.07) is 13.5. The van der Waals surface area contributed by atoms with Gasteiger partial charge in [0.15, 0.2) is 6.10 Å². The summed E-state index contributed by atoms with van der Waals surface area (Å²) in [6.45, 7) is 1.96. The number of fused-ring (bicyclic) bond motifs is 1. The molecule has 0 spiro atoms. The topological polar surface area (TPSA) is 77.7 Å². The number of benzene rings is 2. The molecule has 2 aromatic carbocycles. The fourth-order valence-corrected chi connectivity index (χ4v) is 3.83. The van der Waals surface area contributed by atoms with Gasteiger partial charge in [-0.15, -0.1) is 0 Å². The van der Waals surface area contributed by atoms with Gasteiger partial charge in [0, 0.05) is 12.6 Å². The first-order valence-electron chi connectivity index (χ1n) is 10.5. The highest BCUT2D eigenvalue weighted by Crippen LogP contribution is 2.26. The van der Waals surface area contributed by atoms with Crippen LogP contribution in [0.2, 0.25) is 0 Å². The molecule has 1 heterocycles. The van der Waals surface area contributed by atoms with Crippen LogP contribution in [0.25, 0.3) is 11.4 Å². The van der Waals surface area contributed by atoms with Crippen LogP contribution in [-0.4, -0.2) is 41.2 Å². The first kappa shape index (κ1) is 20.9. The van der Waals surface area contributed by atoms with E-state index in [1.807, 2.05) is 30.3 Å². The van der Waals surface area contributed by atoms with Gasteiger partial charge in [-0.1, -0.05) is 23.4 Å². The summed E-state index contributed by atoms with van der Waals surface area (Å²) in [6.07, 6.45) is 4.01. The monoisotopic (exact) mass is 421 g/mol. The number of aromatic nitrogens is 2. The van der Waals surface area contributed by atoms with Crippen LogP contribution in [0.4, 0.5) is 0 Å². The van der Waals surface area contributed by atoms with Crippen LogP contribution >= 0.6 is 0 Å². The third-order valence-corrected chi connectivity index (χ3v) is 5.53. The van der Waals surface area contributed by atoms with Crippen molar-refractivity contribution in [2.75, 3.05) is 14.2 Å². The molecule has 162 valence electrons. The predicted molar refractivity (Wildman–Crippen MR) is 116 cm³/mol. The Kier molecular flexibility index (Phi) is 6.21. The minimum atomic E-state index is -0.618. The summed E-state index contributed by atoms with van der Waals surface area (Å²) in [7, 11) is 3.30. The Morgan fingerprint density at radius 2 is 1.94 bits per heavy atom. The van der Waals surface area contributed by atoms with Crippen LogP contribution in [0, 0.1) is 0 Å². The fraction of sp³-hybridized carbons (Fsp3) is 0.375. The zero-order chi connectivity index (χ0) is 21.8. The summed E-state index contributed by atoms with van der Waals surface area (Å²) in [5.74, 6) is 2.10. The second-order valence-electron chi connectivity index (χ2n) is 7.84. The molecule has 0 bridgehead atoms. The van der Waals surface area contributed by atoms with Gasteiger partial charge in [-0.3, -0.25) is 4.79 Å². The number of amides is 1. The lowest BCUT2D eigenvalue weighted by Gasteiger charge is -2.22. The minimum absolute atomic E-state index is 0.154. The molecule has 1 amide bonds. The molecule has 0 saturated heterocycles. The van der Waals surface area contributed by atoms with Gasteiger partial charge in [-0.2, -0.15) is 4.98 Å². The maximum Gasteiger partial charge on any atom is 0.263 e. The van der Waals surface area contributed by atoms with Crippen LogP contribution in [0.3, 0.4) is 0 Å². The second kappa shape index (κ2) is 9.20. The Morgan fingerprint density at radius 1 is 1.13 bits per heavy atom. The first-order chi connectivity index (χ1) is 15.0. The molecule has 0 saturated carbocycles. The molecule has 3 aromatic rings. The second-order valence-corrected chi connectivity index (χ2v) is 7.84. The van der Waals surface area contributed by atoms with E-state index < -0.39 is 6.10 Å². The maximum atomic E-state index is 12.8. The Morgan fingerprint density at radius 3 is 2.74 bits per heavy atom. The number of nitrogens with zero attached hydrogens (tertiary/aromatic N) is 3. The van der Waals surface area contributed by atoms with Gasteiger partial charge in [0.05, 0.1) is 13.7 Å². The Hall–Kier alpha value is -3.35. The highest BCUT2D eigenvalue weighted by atomic mass is 16.5. The van der Waals surface area contributed by atoms with E-state index in [0.29, 0.717) is 17.5 Å². The van der Waals surface area contributed by atoms with Gasteiger partial charge < -0.3 is 18.9 Å². The minimum Gasteiger partial charge on any atom is -0.497 e. The maximum absolute atomic E-state index is 12.8. The van der Waals surface area contributed by atoms with Crippen molar-refractivity contribution in [3.8, 4) is 22.9 Å². The number of carbonyl (C=O) groups is 1. The van der Waals surface area contributed by atoms with E-state index in [4.69, 9.17) is 14.0 Å². The molecule has 1 unspecified atom stereocenters. The van der Waals surface area contributed by atoms with Gasteiger partial charge >= 0.3 is 0 Å². The zero-order valence-corrected chi connectivity index (χ0v) is 18.1. The number of ether oxygens (including phenoxy) is 2. The molecule has 7 heteroatoms. The molecule has 31 heavy (non-hydrogen) atoms. The number of aryl methyl sites for hydroxylation is 2. The van der Waals surface area contributed by atoms with E-state index >= 15 is 0 Å². The molecule has 7 nitrogen and oxygen atoms in total. The number of methoxy groups -OCH3 is 1. The molecule has 4 rings (SSSR count). The molecular weight excluding hydrogens is 394 g/mol. The largest absolute Gasteiger partial charge is 0.497 e. The average Bonchev–Trinajstić information content (AvgIpc) is 3.27. The van der Waals surface area contributed by atoms with Crippen LogP contribution < -0.4 is 9.47 Å². The standard InChI is InChI=1S/C24H27N3O4/c1-16(30-21-12-11-17-7-4-5-8-18(17)13-21)24(28)27(2)15-22-25-23(26-31-22)19-9-6-10-20(14-19)29-3/h6,9-14,16H,4-5,7-8,15H2,1-3H3. The van der Waals surface area contributed by atoms with Gasteiger partial charge in [-0.25, -0.2) is 0 Å². The average molecular weight is 421 g/mol. The number of rotatable bonds is 7. The first-order valence-corrected chi connectivity index (χ1v) is 10.5. The number of hydrogen-bond acceptors (Lipinski definition) is 6. The summed E-state index contributed by atoms with van der Waals surface area (Å²) in [5.41, 5.74) is 3.50. The van der Waals surface area contributed by atoms with Crippen molar-refractivity contribution < 1.29 is 18.8 Å².